The Bertz CT molecular complexity index is 303. The second-order valence-corrected chi connectivity index (χ2v) is 3.04. The van der Waals surface area contributed by atoms with Gasteiger partial charge in [0.15, 0.2) is 0 Å². The molecule has 1 atom stereocenters. The summed E-state index contributed by atoms with van der Waals surface area (Å²) in [6.07, 6.45) is 2.12. The molecule has 1 aromatic rings. The monoisotopic (exact) mass is 176 g/mol. The van der Waals surface area contributed by atoms with Crippen LogP contribution in [0.4, 0.5) is 0 Å². The number of ether oxygens (including phenoxy) is 2. The average Bonchev–Trinajstić information content (AvgIpc) is 2.99. The maximum absolute atomic E-state index is 5.50. The third kappa shape index (κ3) is 2.33. The quantitative estimate of drug-likeness (QED) is 0.655. The normalized spacial score (nSPS) is 19.5. The van der Waals surface area contributed by atoms with Crippen LogP contribution in [-0.4, -0.2) is 19.3 Å². The van der Waals surface area contributed by atoms with Crippen molar-refractivity contribution in [3.63, 3.8) is 0 Å². The van der Waals surface area contributed by atoms with Gasteiger partial charge in [-0.15, -0.1) is 0 Å². The topological polar surface area (TPSA) is 21.8 Å². The first-order chi connectivity index (χ1) is 6.38. The average molecular weight is 176 g/mol. The first kappa shape index (κ1) is 8.32. The summed E-state index contributed by atoms with van der Waals surface area (Å²) in [6, 6.07) is 7.86. The zero-order chi connectivity index (χ0) is 9.10. The zero-order valence-electron chi connectivity index (χ0n) is 7.40. The molecule has 13 heavy (non-hydrogen) atoms. The van der Waals surface area contributed by atoms with Gasteiger partial charge in [0.2, 0.25) is 0 Å². The lowest BCUT2D eigenvalue weighted by molar-refractivity contribution is 0.263. The van der Waals surface area contributed by atoms with E-state index in [0.29, 0.717) is 12.7 Å². The van der Waals surface area contributed by atoms with Gasteiger partial charge in [0.25, 0.3) is 0 Å². The fourth-order valence-corrected chi connectivity index (χ4v) is 1.08. The largest absolute Gasteiger partial charge is 0.491 e. The van der Waals surface area contributed by atoms with Crippen LogP contribution in [0, 0.1) is 0 Å². The van der Waals surface area contributed by atoms with E-state index in [2.05, 4.69) is 6.58 Å². The van der Waals surface area contributed by atoms with Crippen molar-refractivity contribution in [2.24, 2.45) is 0 Å². The first-order valence-electron chi connectivity index (χ1n) is 4.35. The number of hydrogen-bond acceptors (Lipinski definition) is 2. The van der Waals surface area contributed by atoms with Crippen molar-refractivity contribution >= 4 is 6.08 Å². The minimum Gasteiger partial charge on any atom is -0.491 e. The molecular formula is C11H12O2. The van der Waals surface area contributed by atoms with Crippen molar-refractivity contribution in [1.29, 1.82) is 0 Å². The third-order valence-corrected chi connectivity index (χ3v) is 1.93. The molecule has 0 saturated carbocycles. The molecule has 68 valence electrons. The van der Waals surface area contributed by atoms with Crippen molar-refractivity contribution in [3.05, 3.63) is 36.4 Å². The third-order valence-electron chi connectivity index (χ3n) is 1.93. The maximum Gasteiger partial charge on any atom is 0.120 e. The van der Waals surface area contributed by atoms with E-state index in [1.165, 1.54) is 0 Å². The molecule has 2 rings (SSSR count). The van der Waals surface area contributed by atoms with Gasteiger partial charge in [0, 0.05) is 0 Å². The molecule has 0 amide bonds. The molecule has 1 unspecified atom stereocenters. The molecule has 0 spiro atoms. The summed E-state index contributed by atoms with van der Waals surface area (Å²) >= 11 is 0. The second kappa shape index (κ2) is 3.62. The summed E-state index contributed by atoms with van der Waals surface area (Å²) in [7, 11) is 0. The number of benzene rings is 1. The highest BCUT2D eigenvalue weighted by molar-refractivity contribution is 5.49. The fourth-order valence-electron chi connectivity index (χ4n) is 1.08. The van der Waals surface area contributed by atoms with E-state index >= 15 is 0 Å². The van der Waals surface area contributed by atoms with Gasteiger partial charge in [-0.05, 0) is 17.7 Å². The van der Waals surface area contributed by atoms with Crippen molar-refractivity contribution in [2.75, 3.05) is 13.2 Å². The van der Waals surface area contributed by atoms with E-state index in [1.807, 2.05) is 24.3 Å². The summed E-state index contributed by atoms with van der Waals surface area (Å²) in [5.41, 5.74) is 1.08. The Hall–Kier alpha value is -1.28. The van der Waals surface area contributed by atoms with E-state index in [1.54, 1.807) is 6.08 Å². The molecule has 1 aliphatic rings. The highest BCUT2D eigenvalue weighted by atomic mass is 16.6. The van der Waals surface area contributed by atoms with Gasteiger partial charge in [-0.2, -0.15) is 0 Å². The van der Waals surface area contributed by atoms with E-state index in [-0.39, 0.29) is 0 Å². The molecule has 1 aromatic carbocycles. The van der Waals surface area contributed by atoms with Crippen LogP contribution in [-0.2, 0) is 4.74 Å². The Kier molecular flexibility index (Phi) is 2.32. The van der Waals surface area contributed by atoms with Crippen molar-refractivity contribution in [1.82, 2.24) is 0 Å². The molecule has 0 aliphatic carbocycles. The Balaban J connectivity index is 1.97. The van der Waals surface area contributed by atoms with Gasteiger partial charge in [-0.25, -0.2) is 0 Å². The molecule has 2 nitrogen and oxygen atoms in total. The van der Waals surface area contributed by atoms with Crippen LogP contribution in [0.3, 0.4) is 0 Å². The smallest absolute Gasteiger partial charge is 0.120 e. The highest BCUT2D eigenvalue weighted by Gasteiger charge is 2.22. The molecule has 1 heterocycles. The second-order valence-electron chi connectivity index (χ2n) is 3.04. The number of rotatable bonds is 4. The van der Waals surface area contributed by atoms with E-state index in [9.17, 15) is 0 Å². The van der Waals surface area contributed by atoms with Crippen LogP contribution in [0.15, 0.2) is 30.8 Å². The Morgan fingerprint density at radius 3 is 3.15 bits per heavy atom. The standard InChI is InChI=1S/C11H12O2/c1-2-9-4-3-5-10(6-9)12-7-11-8-13-11/h2-6,11H,1,7-8H2. The van der Waals surface area contributed by atoms with Crippen LogP contribution in [0.1, 0.15) is 5.56 Å². The van der Waals surface area contributed by atoms with Crippen LogP contribution in [0.5, 0.6) is 5.75 Å². The predicted octanol–water partition coefficient (Wildman–Crippen LogP) is 2.11. The Labute approximate surface area is 77.8 Å². The van der Waals surface area contributed by atoms with E-state index in [0.717, 1.165) is 17.9 Å². The molecule has 2 heteroatoms. The maximum atomic E-state index is 5.50. The number of hydrogen-bond donors (Lipinski definition) is 0. The van der Waals surface area contributed by atoms with E-state index in [4.69, 9.17) is 9.47 Å². The molecule has 1 fully saturated rings. The van der Waals surface area contributed by atoms with Crippen LogP contribution in [0.25, 0.3) is 6.08 Å². The zero-order valence-corrected chi connectivity index (χ0v) is 7.40. The number of epoxide rings is 1. The SMILES string of the molecule is C=Cc1cccc(OCC2CO2)c1. The van der Waals surface area contributed by atoms with Crippen molar-refractivity contribution in [2.45, 2.75) is 6.10 Å². The first-order valence-corrected chi connectivity index (χ1v) is 4.35. The Morgan fingerprint density at radius 1 is 1.62 bits per heavy atom. The van der Waals surface area contributed by atoms with Gasteiger partial charge in [0.1, 0.15) is 18.5 Å². The molecule has 0 radical (unpaired) electrons. The minimum absolute atomic E-state index is 0.312. The fraction of sp³-hybridized carbons (Fsp3) is 0.273. The van der Waals surface area contributed by atoms with Crippen molar-refractivity contribution in [3.8, 4) is 5.75 Å². The summed E-state index contributed by atoms with van der Waals surface area (Å²) in [6.45, 7) is 5.19. The molecule has 1 saturated heterocycles. The molecule has 0 N–H and O–H groups in total. The lowest BCUT2D eigenvalue weighted by Crippen LogP contribution is -2.03. The molecule has 0 bridgehead atoms. The summed E-state index contributed by atoms with van der Waals surface area (Å²) in [4.78, 5) is 0. The van der Waals surface area contributed by atoms with Gasteiger partial charge in [-0.3, -0.25) is 0 Å². The summed E-state index contributed by atoms with van der Waals surface area (Å²) < 4.78 is 10.5. The summed E-state index contributed by atoms with van der Waals surface area (Å²) in [5, 5.41) is 0. The Morgan fingerprint density at radius 2 is 2.46 bits per heavy atom. The van der Waals surface area contributed by atoms with Gasteiger partial charge in [0.05, 0.1) is 6.61 Å². The van der Waals surface area contributed by atoms with Gasteiger partial charge >= 0.3 is 0 Å². The lowest BCUT2D eigenvalue weighted by atomic mass is 10.2. The van der Waals surface area contributed by atoms with E-state index < -0.39 is 0 Å². The predicted molar refractivity (Wildman–Crippen MR) is 51.8 cm³/mol. The van der Waals surface area contributed by atoms with Crippen LogP contribution in [0.2, 0.25) is 0 Å². The summed E-state index contributed by atoms with van der Waals surface area (Å²) in [5.74, 6) is 0.882. The molecule has 0 aromatic heterocycles. The van der Waals surface area contributed by atoms with Crippen LogP contribution >= 0.6 is 0 Å². The van der Waals surface area contributed by atoms with Gasteiger partial charge < -0.3 is 9.47 Å². The highest BCUT2D eigenvalue weighted by Crippen LogP contribution is 2.16. The van der Waals surface area contributed by atoms with Gasteiger partial charge in [-0.1, -0.05) is 24.8 Å². The lowest BCUT2D eigenvalue weighted by Gasteiger charge is -2.04. The van der Waals surface area contributed by atoms with Crippen molar-refractivity contribution < 1.29 is 9.47 Å². The van der Waals surface area contributed by atoms with Crippen LogP contribution < -0.4 is 4.74 Å². The minimum atomic E-state index is 0.312. The molecule has 1 aliphatic heterocycles. The molecular weight excluding hydrogens is 164 g/mol.